The van der Waals surface area contributed by atoms with Crippen molar-refractivity contribution >= 4 is 28.9 Å². The molecule has 3 aromatic rings. The van der Waals surface area contributed by atoms with E-state index in [2.05, 4.69) is 20.4 Å². The standard InChI is InChI=1S/C23H25ClN4O5/c1-30-18-7-6-15(14-19(18)31-2)23-26-21(33-27-23)9-8-20(29)25-17-5-3-4-16(24)22(17)28-10-12-32-13-11-28/h3-7,14H,8-13H2,1-2H3,(H,25,29). The fourth-order valence-corrected chi connectivity index (χ4v) is 3.90. The highest BCUT2D eigenvalue weighted by Gasteiger charge is 2.19. The number of rotatable bonds is 8. The summed E-state index contributed by atoms with van der Waals surface area (Å²) in [5, 5.41) is 7.56. The number of hydrogen-bond donors (Lipinski definition) is 1. The minimum absolute atomic E-state index is 0.169. The topological polar surface area (TPSA) is 99.0 Å². The Bertz CT molecular complexity index is 1110. The van der Waals surface area contributed by atoms with Crippen molar-refractivity contribution in [1.29, 1.82) is 0 Å². The first-order chi connectivity index (χ1) is 16.1. The Hall–Kier alpha value is -3.30. The van der Waals surface area contributed by atoms with Gasteiger partial charge in [0.05, 0.1) is 43.8 Å². The normalized spacial score (nSPS) is 13.6. The molecular formula is C23H25ClN4O5. The molecule has 1 amide bonds. The van der Waals surface area contributed by atoms with Gasteiger partial charge in [0.25, 0.3) is 0 Å². The Labute approximate surface area is 196 Å². The third kappa shape index (κ3) is 5.37. The van der Waals surface area contributed by atoms with Gasteiger partial charge in [-0.15, -0.1) is 0 Å². The van der Waals surface area contributed by atoms with Crippen molar-refractivity contribution in [2.75, 3.05) is 50.7 Å². The van der Waals surface area contributed by atoms with Crippen LogP contribution in [-0.4, -0.2) is 56.6 Å². The van der Waals surface area contributed by atoms with Crippen molar-refractivity contribution < 1.29 is 23.5 Å². The lowest BCUT2D eigenvalue weighted by atomic mass is 10.2. The maximum Gasteiger partial charge on any atom is 0.227 e. The minimum Gasteiger partial charge on any atom is -0.493 e. The molecule has 0 aliphatic carbocycles. The molecule has 9 nitrogen and oxygen atoms in total. The van der Waals surface area contributed by atoms with Gasteiger partial charge in [-0.25, -0.2) is 0 Å². The molecule has 0 atom stereocenters. The highest BCUT2D eigenvalue weighted by atomic mass is 35.5. The number of hydrogen-bond acceptors (Lipinski definition) is 8. The largest absolute Gasteiger partial charge is 0.493 e. The first-order valence-corrected chi connectivity index (χ1v) is 10.9. The maximum absolute atomic E-state index is 12.6. The number of morpholine rings is 1. The predicted molar refractivity (Wildman–Crippen MR) is 124 cm³/mol. The molecule has 33 heavy (non-hydrogen) atoms. The van der Waals surface area contributed by atoms with Crippen LogP contribution in [0.5, 0.6) is 11.5 Å². The molecule has 1 aliphatic rings. The molecule has 2 heterocycles. The van der Waals surface area contributed by atoms with E-state index >= 15 is 0 Å². The SMILES string of the molecule is COc1ccc(-c2noc(CCC(=O)Nc3cccc(Cl)c3N3CCOCC3)n2)cc1OC. The van der Waals surface area contributed by atoms with Gasteiger partial charge in [-0.05, 0) is 30.3 Å². The number of carbonyl (C=O) groups excluding carboxylic acids is 1. The van der Waals surface area contributed by atoms with Gasteiger partial charge in [-0.2, -0.15) is 4.98 Å². The molecule has 0 unspecified atom stereocenters. The van der Waals surface area contributed by atoms with Crippen molar-refractivity contribution in [3.8, 4) is 22.9 Å². The van der Waals surface area contributed by atoms with Crippen LogP contribution in [0.25, 0.3) is 11.4 Å². The van der Waals surface area contributed by atoms with Gasteiger partial charge in [0.1, 0.15) is 0 Å². The Morgan fingerprint density at radius 2 is 1.94 bits per heavy atom. The highest BCUT2D eigenvalue weighted by Crippen LogP contribution is 2.35. The predicted octanol–water partition coefficient (Wildman–Crippen LogP) is 3.82. The molecule has 1 aromatic heterocycles. The molecule has 1 fully saturated rings. The van der Waals surface area contributed by atoms with E-state index in [-0.39, 0.29) is 12.3 Å². The Kier molecular flexibility index (Phi) is 7.31. The van der Waals surface area contributed by atoms with Crippen molar-refractivity contribution in [2.45, 2.75) is 12.8 Å². The second-order valence-corrected chi connectivity index (χ2v) is 7.77. The zero-order chi connectivity index (χ0) is 23.2. The summed E-state index contributed by atoms with van der Waals surface area (Å²) in [7, 11) is 3.13. The first kappa shape index (κ1) is 22.9. The monoisotopic (exact) mass is 472 g/mol. The molecule has 1 saturated heterocycles. The Morgan fingerprint density at radius 3 is 2.70 bits per heavy atom. The lowest BCUT2D eigenvalue weighted by Gasteiger charge is -2.31. The number of halogens is 1. The zero-order valence-corrected chi connectivity index (χ0v) is 19.2. The van der Waals surface area contributed by atoms with Crippen LogP contribution < -0.4 is 19.7 Å². The van der Waals surface area contributed by atoms with Crippen molar-refractivity contribution in [3.63, 3.8) is 0 Å². The number of ether oxygens (including phenoxy) is 3. The molecule has 1 N–H and O–H groups in total. The molecule has 4 rings (SSSR count). The van der Waals surface area contributed by atoms with Crippen molar-refractivity contribution in [1.82, 2.24) is 10.1 Å². The van der Waals surface area contributed by atoms with E-state index in [1.165, 1.54) is 0 Å². The molecule has 0 saturated carbocycles. The van der Waals surface area contributed by atoms with E-state index in [0.717, 1.165) is 11.3 Å². The Balaban J connectivity index is 1.40. The third-order valence-electron chi connectivity index (χ3n) is 5.26. The Morgan fingerprint density at radius 1 is 1.15 bits per heavy atom. The molecule has 1 aliphatic heterocycles. The number of anilines is 2. The molecular weight excluding hydrogens is 448 g/mol. The molecule has 0 bridgehead atoms. The summed E-state index contributed by atoms with van der Waals surface area (Å²) in [6, 6.07) is 10.8. The van der Waals surface area contributed by atoms with Crippen LogP contribution in [0.2, 0.25) is 5.02 Å². The van der Waals surface area contributed by atoms with Gasteiger partial charge in [-0.3, -0.25) is 4.79 Å². The second-order valence-electron chi connectivity index (χ2n) is 7.37. The summed E-state index contributed by atoms with van der Waals surface area (Å²) < 4.78 is 21.3. The smallest absolute Gasteiger partial charge is 0.227 e. The maximum atomic E-state index is 12.6. The highest BCUT2D eigenvalue weighted by molar-refractivity contribution is 6.34. The molecule has 0 radical (unpaired) electrons. The zero-order valence-electron chi connectivity index (χ0n) is 18.5. The van der Waals surface area contributed by atoms with Gasteiger partial charge in [-0.1, -0.05) is 22.8 Å². The second kappa shape index (κ2) is 10.5. The summed E-state index contributed by atoms with van der Waals surface area (Å²) in [5.41, 5.74) is 2.21. The number of aromatic nitrogens is 2. The number of methoxy groups -OCH3 is 2. The van der Waals surface area contributed by atoms with E-state index in [1.807, 2.05) is 24.3 Å². The fourth-order valence-electron chi connectivity index (χ4n) is 3.61. The molecule has 2 aromatic carbocycles. The molecule has 10 heteroatoms. The van der Waals surface area contributed by atoms with E-state index in [0.29, 0.717) is 66.6 Å². The third-order valence-corrected chi connectivity index (χ3v) is 5.57. The quantitative estimate of drug-likeness (QED) is 0.528. The lowest BCUT2D eigenvalue weighted by Crippen LogP contribution is -2.37. The number of para-hydroxylation sites is 1. The summed E-state index contributed by atoms with van der Waals surface area (Å²) in [6.07, 6.45) is 0.488. The summed E-state index contributed by atoms with van der Waals surface area (Å²) in [6.45, 7) is 2.68. The van der Waals surface area contributed by atoms with E-state index < -0.39 is 0 Å². The number of aryl methyl sites for hydroxylation is 1. The van der Waals surface area contributed by atoms with E-state index in [9.17, 15) is 4.79 Å². The van der Waals surface area contributed by atoms with Crippen LogP contribution in [0.3, 0.4) is 0 Å². The number of amides is 1. The number of nitrogens with zero attached hydrogens (tertiary/aromatic N) is 3. The van der Waals surface area contributed by atoms with Crippen LogP contribution in [0, 0.1) is 0 Å². The summed E-state index contributed by atoms with van der Waals surface area (Å²) in [5.74, 6) is 1.79. The van der Waals surface area contributed by atoms with Gasteiger partial charge < -0.3 is 29.0 Å². The number of nitrogens with one attached hydrogen (secondary N) is 1. The fraction of sp³-hybridized carbons (Fsp3) is 0.348. The van der Waals surface area contributed by atoms with Gasteiger partial charge in [0, 0.05) is 31.5 Å². The minimum atomic E-state index is -0.169. The van der Waals surface area contributed by atoms with E-state index in [4.69, 9.17) is 30.3 Å². The van der Waals surface area contributed by atoms with Crippen LogP contribution in [0.1, 0.15) is 12.3 Å². The van der Waals surface area contributed by atoms with Gasteiger partial charge in [0.15, 0.2) is 11.5 Å². The number of benzene rings is 2. The van der Waals surface area contributed by atoms with Crippen LogP contribution in [-0.2, 0) is 16.0 Å². The molecule has 0 spiro atoms. The van der Waals surface area contributed by atoms with Crippen LogP contribution >= 0.6 is 11.6 Å². The first-order valence-electron chi connectivity index (χ1n) is 10.5. The molecule has 174 valence electrons. The van der Waals surface area contributed by atoms with E-state index in [1.54, 1.807) is 26.4 Å². The van der Waals surface area contributed by atoms with Crippen LogP contribution in [0.4, 0.5) is 11.4 Å². The summed E-state index contributed by atoms with van der Waals surface area (Å²) >= 11 is 6.44. The van der Waals surface area contributed by atoms with Crippen molar-refractivity contribution in [2.24, 2.45) is 0 Å². The van der Waals surface area contributed by atoms with Crippen LogP contribution in [0.15, 0.2) is 40.9 Å². The van der Waals surface area contributed by atoms with Gasteiger partial charge >= 0.3 is 0 Å². The average Bonchev–Trinajstić information content (AvgIpc) is 3.32. The van der Waals surface area contributed by atoms with Gasteiger partial charge in [0.2, 0.25) is 17.6 Å². The summed E-state index contributed by atoms with van der Waals surface area (Å²) in [4.78, 5) is 19.2. The van der Waals surface area contributed by atoms with Crippen molar-refractivity contribution in [3.05, 3.63) is 47.3 Å². The lowest BCUT2D eigenvalue weighted by molar-refractivity contribution is -0.116. The number of carbonyl (C=O) groups is 1. The average molecular weight is 473 g/mol.